The molecule has 0 spiro atoms. The average Bonchev–Trinajstić information content (AvgIpc) is 2.86. The van der Waals surface area contributed by atoms with Crippen molar-refractivity contribution in [2.45, 2.75) is 18.7 Å². The summed E-state index contributed by atoms with van der Waals surface area (Å²) in [5, 5.41) is 2.87. The number of hydrogen-bond acceptors (Lipinski definition) is 5. The molecule has 1 heterocycles. The van der Waals surface area contributed by atoms with E-state index in [9.17, 15) is 17.6 Å². The predicted molar refractivity (Wildman–Crippen MR) is 137 cm³/mol. The fourth-order valence-corrected chi connectivity index (χ4v) is 5.11. The number of piperazine rings is 1. The molecule has 3 aromatic rings. The van der Waals surface area contributed by atoms with Gasteiger partial charge in [-0.05, 0) is 85.8 Å². The molecular weight excluding hydrogens is 467 g/mol. The first-order valence-electron chi connectivity index (χ1n) is 11.5. The normalized spacial score (nSPS) is 14.5. The van der Waals surface area contributed by atoms with Crippen molar-refractivity contribution >= 4 is 33.0 Å². The third-order valence-corrected chi connectivity index (χ3v) is 7.53. The molecule has 1 amide bonds. The SMILES string of the molecule is CCN1CCN(c2ccc(NC(=O)c3ccc(NS(=O)(=O)c4ccc(F)c(C)c4)cc3)cc2)CC1. The second-order valence-corrected chi connectivity index (χ2v) is 10.2. The summed E-state index contributed by atoms with van der Waals surface area (Å²) in [5.41, 5.74) is 2.75. The van der Waals surface area contributed by atoms with E-state index < -0.39 is 15.8 Å². The molecule has 4 rings (SSSR count). The number of amides is 1. The predicted octanol–water partition coefficient (Wildman–Crippen LogP) is 4.33. The van der Waals surface area contributed by atoms with Crippen LogP contribution in [0.25, 0.3) is 0 Å². The Kier molecular flexibility index (Phi) is 7.37. The van der Waals surface area contributed by atoms with Crippen LogP contribution >= 0.6 is 0 Å². The van der Waals surface area contributed by atoms with E-state index in [4.69, 9.17) is 0 Å². The van der Waals surface area contributed by atoms with Crippen molar-refractivity contribution in [3.63, 3.8) is 0 Å². The van der Waals surface area contributed by atoms with Crippen LogP contribution in [0.3, 0.4) is 0 Å². The number of likely N-dealkylation sites (N-methyl/N-ethyl adjacent to an activating group) is 1. The third kappa shape index (κ3) is 5.98. The molecule has 0 aromatic heterocycles. The van der Waals surface area contributed by atoms with Crippen LogP contribution < -0.4 is 14.9 Å². The van der Waals surface area contributed by atoms with E-state index in [1.165, 1.54) is 31.2 Å². The summed E-state index contributed by atoms with van der Waals surface area (Å²) in [5.74, 6) is -0.762. The Morgan fingerprint density at radius 1 is 0.914 bits per heavy atom. The van der Waals surface area contributed by atoms with Crippen LogP contribution in [-0.2, 0) is 10.0 Å². The van der Waals surface area contributed by atoms with Crippen molar-refractivity contribution in [1.29, 1.82) is 0 Å². The molecule has 0 bridgehead atoms. The maximum atomic E-state index is 13.5. The lowest BCUT2D eigenvalue weighted by Crippen LogP contribution is -2.46. The monoisotopic (exact) mass is 496 g/mol. The number of aryl methyl sites for hydroxylation is 1. The minimum absolute atomic E-state index is 0.0334. The Balaban J connectivity index is 1.36. The van der Waals surface area contributed by atoms with E-state index in [0.29, 0.717) is 16.9 Å². The van der Waals surface area contributed by atoms with Crippen LogP contribution in [-0.4, -0.2) is 51.9 Å². The highest BCUT2D eigenvalue weighted by atomic mass is 32.2. The van der Waals surface area contributed by atoms with Crippen LogP contribution in [0.1, 0.15) is 22.8 Å². The summed E-state index contributed by atoms with van der Waals surface area (Å²) in [6, 6.07) is 17.5. The van der Waals surface area contributed by atoms with Gasteiger partial charge in [0.15, 0.2) is 0 Å². The first-order chi connectivity index (χ1) is 16.7. The molecular formula is C26H29FN4O3S. The van der Waals surface area contributed by atoms with Gasteiger partial charge in [-0.1, -0.05) is 6.92 Å². The van der Waals surface area contributed by atoms with Crippen LogP contribution in [0, 0.1) is 12.7 Å². The van der Waals surface area contributed by atoms with Gasteiger partial charge < -0.3 is 15.1 Å². The quantitative estimate of drug-likeness (QED) is 0.509. The van der Waals surface area contributed by atoms with E-state index in [1.54, 1.807) is 12.1 Å². The Morgan fingerprint density at radius 2 is 1.54 bits per heavy atom. The van der Waals surface area contributed by atoms with E-state index in [1.807, 2.05) is 24.3 Å². The Bertz CT molecular complexity index is 1290. The highest BCUT2D eigenvalue weighted by molar-refractivity contribution is 7.92. The van der Waals surface area contributed by atoms with E-state index >= 15 is 0 Å². The Morgan fingerprint density at radius 3 is 2.14 bits per heavy atom. The van der Waals surface area contributed by atoms with E-state index in [2.05, 4.69) is 26.8 Å². The molecule has 3 aromatic carbocycles. The topological polar surface area (TPSA) is 81.8 Å². The Hall–Kier alpha value is -3.43. The van der Waals surface area contributed by atoms with Gasteiger partial charge in [-0.3, -0.25) is 9.52 Å². The average molecular weight is 497 g/mol. The molecule has 0 radical (unpaired) electrons. The Labute approximate surface area is 205 Å². The van der Waals surface area contributed by atoms with Crippen molar-refractivity contribution in [1.82, 2.24) is 4.90 Å². The third-order valence-electron chi connectivity index (χ3n) is 6.15. The lowest BCUT2D eigenvalue weighted by Gasteiger charge is -2.35. The lowest BCUT2D eigenvalue weighted by molar-refractivity contribution is 0.102. The number of benzene rings is 3. The number of carbonyl (C=O) groups excluding carboxylic acids is 1. The zero-order chi connectivity index (χ0) is 25.0. The van der Waals surface area contributed by atoms with Gasteiger partial charge in [-0.2, -0.15) is 0 Å². The minimum Gasteiger partial charge on any atom is -0.369 e. The summed E-state index contributed by atoms with van der Waals surface area (Å²) in [7, 11) is -3.88. The van der Waals surface area contributed by atoms with Gasteiger partial charge in [-0.25, -0.2) is 12.8 Å². The molecule has 35 heavy (non-hydrogen) atoms. The molecule has 2 N–H and O–H groups in total. The van der Waals surface area contributed by atoms with Gasteiger partial charge in [-0.15, -0.1) is 0 Å². The zero-order valence-electron chi connectivity index (χ0n) is 19.8. The number of carbonyl (C=O) groups is 1. The zero-order valence-corrected chi connectivity index (χ0v) is 20.6. The first kappa shape index (κ1) is 24.7. The van der Waals surface area contributed by atoms with Gasteiger partial charge in [0.1, 0.15) is 5.82 Å². The standard InChI is InChI=1S/C26H29FN4O3S/c1-3-30-14-16-31(17-15-30)23-10-8-21(9-11-23)28-26(32)20-4-6-22(7-5-20)29-35(33,34)24-12-13-25(27)19(2)18-24/h4-13,18,29H,3,14-17H2,1-2H3,(H,28,32). The van der Waals surface area contributed by atoms with Gasteiger partial charge in [0.2, 0.25) is 0 Å². The number of halogens is 1. The van der Waals surface area contributed by atoms with Crippen molar-refractivity contribution < 1.29 is 17.6 Å². The molecule has 0 saturated carbocycles. The van der Waals surface area contributed by atoms with Crippen LogP contribution in [0.15, 0.2) is 71.6 Å². The summed E-state index contributed by atoms with van der Waals surface area (Å²) >= 11 is 0. The molecule has 1 aliphatic heterocycles. The molecule has 0 atom stereocenters. The maximum Gasteiger partial charge on any atom is 0.261 e. The van der Waals surface area contributed by atoms with Crippen molar-refractivity contribution in [3.05, 3.63) is 83.7 Å². The van der Waals surface area contributed by atoms with Crippen molar-refractivity contribution in [3.8, 4) is 0 Å². The van der Waals surface area contributed by atoms with Gasteiger partial charge in [0, 0.05) is 48.8 Å². The van der Waals surface area contributed by atoms with E-state index in [0.717, 1.165) is 44.5 Å². The number of nitrogens with one attached hydrogen (secondary N) is 2. The number of hydrogen-bond donors (Lipinski definition) is 2. The largest absolute Gasteiger partial charge is 0.369 e. The summed E-state index contributed by atoms with van der Waals surface area (Å²) in [6.07, 6.45) is 0. The second kappa shape index (κ2) is 10.5. The van der Waals surface area contributed by atoms with Crippen LogP contribution in [0.2, 0.25) is 0 Å². The smallest absolute Gasteiger partial charge is 0.261 e. The molecule has 184 valence electrons. The van der Waals surface area contributed by atoms with Crippen LogP contribution in [0.5, 0.6) is 0 Å². The molecule has 1 aliphatic rings. The number of sulfonamides is 1. The number of anilines is 3. The highest BCUT2D eigenvalue weighted by Gasteiger charge is 2.17. The van der Waals surface area contributed by atoms with E-state index in [-0.39, 0.29) is 16.4 Å². The summed E-state index contributed by atoms with van der Waals surface area (Å²) in [4.78, 5) is 17.4. The molecule has 0 aliphatic carbocycles. The maximum absolute atomic E-state index is 13.5. The molecule has 7 nitrogen and oxygen atoms in total. The summed E-state index contributed by atoms with van der Waals surface area (Å²) < 4.78 is 41.1. The van der Waals surface area contributed by atoms with Gasteiger partial charge >= 0.3 is 0 Å². The fourth-order valence-electron chi connectivity index (χ4n) is 3.97. The lowest BCUT2D eigenvalue weighted by atomic mass is 10.2. The van der Waals surface area contributed by atoms with Crippen molar-refractivity contribution in [2.75, 3.05) is 47.7 Å². The first-order valence-corrected chi connectivity index (χ1v) is 13.0. The van der Waals surface area contributed by atoms with Crippen LogP contribution in [0.4, 0.5) is 21.5 Å². The molecule has 1 fully saturated rings. The second-order valence-electron chi connectivity index (χ2n) is 8.52. The van der Waals surface area contributed by atoms with Crippen molar-refractivity contribution in [2.24, 2.45) is 0 Å². The highest BCUT2D eigenvalue weighted by Crippen LogP contribution is 2.22. The molecule has 0 unspecified atom stereocenters. The number of nitrogens with zero attached hydrogens (tertiary/aromatic N) is 2. The van der Waals surface area contributed by atoms with Gasteiger partial charge in [0.25, 0.3) is 15.9 Å². The minimum atomic E-state index is -3.88. The molecule has 9 heteroatoms. The molecule has 1 saturated heterocycles. The summed E-state index contributed by atoms with van der Waals surface area (Å²) in [6.45, 7) is 8.80. The van der Waals surface area contributed by atoms with Gasteiger partial charge in [0.05, 0.1) is 4.90 Å². The fraction of sp³-hybridized carbons (Fsp3) is 0.269. The number of rotatable bonds is 7.